The second kappa shape index (κ2) is 10.3. The normalized spacial score (nSPS) is 13.6. The molecule has 5 aromatic rings. The van der Waals surface area contributed by atoms with E-state index in [0.717, 1.165) is 12.1 Å². The molecule has 1 N–H and O–H groups in total. The zero-order valence-corrected chi connectivity index (χ0v) is 21.6. The third-order valence-corrected chi connectivity index (χ3v) is 8.44. The number of alkyl halides is 3. The van der Waals surface area contributed by atoms with Crippen molar-refractivity contribution in [3.63, 3.8) is 0 Å². The first-order chi connectivity index (χ1) is 18.6. The van der Waals surface area contributed by atoms with Crippen LogP contribution >= 0.6 is 0 Å². The summed E-state index contributed by atoms with van der Waals surface area (Å²) in [6.45, 7) is -0.184. The number of pyridine rings is 1. The highest BCUT2D eigenvalue weighted by Gasteiger charge is 2.30. The first-order valence-electron chi connectivity index (χ1n) is 12.0. The fourth-order valence-electron chi connectivity index (χ4n) is 4.47. The number of halogens is 3. The Bertz CT molecular complexity index is 1790. The van der Waals surface area contributed by atoms with Gasteiger partial charge in [-0.25, -0.2) is 4.21 Å². The molecule has 0 radical (unpaired) electrons. The third-order valence-electron chi connectivity index (χ3n) is 6.23. The molecule has 0 bridgehead atoms. The van der Waals surface area contributed by atoms with E-state index >= 15 is 0 Å². The Hall–Kier alpha value is -4.03. The van der Waals surface area contributed by atoms with Crippen molar-refractivity contribution >= 4 is 37.6 Å². The molecule has 3 heterocycles. The van der Waals surface area contributed by atoms with Crippen LogP contribution in [0.2, 0.25) is 0 Å². The molecule has 5 rings (SSSR count). The van der Waals surface area contributed by atoms with E-state index in [0.29, 0.717) is 33.2 Å². The summed E-state index contributed by atoms with van der Waals surface area (Å²) >= 11 is 0. The van der Waals surface area contributed by atoms with Gasteiger partial charge in [0.05, 0.1) is 26.6 Å². The van der Waals surface area contributed by atoms with Gasteiger partial charge in [-0.15, -0.1) is 0 Å². The monoisotopic (exact) mass is 555 g/mol. The van der Waals surface area contributed by atoms with E-state index in [1.807, 2.05) is 0 Å². The highest BCUT2D eigenvalue weighted by Crippen LogP contribution is 2.34. The molecule has 0 aliphatic carbocycles. The molecule has 0 saturated carbocycles. The van der Waals surface area contributed by atoms with Gasteiger partial charge in [-0.2, -0.15) is 22.6 Å². The summed E-state index contributed by atoms with van der Waals surface area (Å²) in [6, 6.07) is 13.1. The maximum atomic E-state index is 13.6. The largest absolute Gasteiger partial charge is 0.416 e. The van der Waals surface area contributed by atoms with Crippen LogP contribution in [0.5, 0.6) is 0 Å². The molecule has 0 aliphatic heterocycles. The van der Waals surface area contributed by atoms with Crippen LogP contribution in [-0.2, 0) is 28.7 Å². The van der Waals surface area contributed by atoms with Gasteiger partial charge in [0, 0.05) is 60.0 Å². The Morgan fingerprint density at radius 1 is 1.10 bits per heavy atom. The van der Waals surface area contributed by atoms with E-state index in [1.54, 1.807) is 65.2 Å². The van der Waals surface area contributed by atoms with E-state index in [9.17, 15) is 27.3 Å². The van der Waals surface area contributed by atoms with Crippen molar-refractivity contribution in [2.45, 2.75) is 18.3 Å². The number of rotatable bonds is 7. The molecule has 12 heteroatoms. The lowest BCUT2D eigenvalue weighted by molar-refractivity contribution is -0.137. The Morgan fingerprint density at radius 3 is 2.54 bits per heavy atom. The Kier molecular flexibility index (Phi) is 7.00. The van der Waals surface area contributed by atoms with Gasteiger partial charge in [-0.05, 0) is 60.5 Å². The topological polar surface area (TPSA) is 102 Å². The Morgan fingerprint density at radius 2 is 1.87 bits per heavy atom. The van der Waals surface area contributed by atoms with Gasteiger partial charge in [0.15, 0.2) is 5.65 Å². The number of carbonyl (C=O) groups excluding carboxylic acids is 1. The number of aliphatic hydroxyl groups excluding tert-OH is 1. The quantitative estimate of drug-likeness (QED) is 0.300. The van der Waals surface area contributed by atoms with Gasteiger partial charge in [-0.3, -0.25) is 19.0 Å². The molecule has 0 fully saturated rings. The van der Waals surface area contributed by atoms with Crippen LogP contribution in [0.3, 0.4) is 0 Å². The van der Waals surface area contributed by atoms with Gasteiger partial charge < -0.3 is 5.11 Å². The lowest BCUT2D eigenvalue weighted by Crippen LogP contribution is -2.13. The molecule has 0 saturated heterocycles. The molecule has 0 spiro atoms. The molecule has 39 heavy (non-hydrogen) atoms. The van der Waals surface area contributed by atoms with E-state index in [2.05, 4.69) is 14.4 Å². The van der Waals surface area contributed by atoms with Crippen molar-refractivity contribution in [1.82, 2.24) is 19.3 Å². The van der Waals surface area contributed by atoms with Gasteiger partial charge in [0.25, 0.3) is 5.91 Å². The lowest BCUT2D eigenvalue weighted by atomic mass is 10.1. The molecular weight excluding hydrogens is 531 g/mol. The van der Waals surface area contributed by atoms with E-state index in [4.69, 9.17) is 0 Å². The predicted molar refractivity (Wildman–Crippen MR) is 142 cm³/mol. The number of hydrogen-bond acceptors (Lipinski definition) is 5. The summed E-state index contributed by atoms with van der Waals surface area (Å²) in [5.41, 5.74) is 1.75. The van der Waals surface area contributed by atoms with Crippen molar-refractivity contribution in [3.8, 4) is 5.69 Å². The summed E-state index contributed by atoms with van der Waals surface area (Å²) in [5, 5.41) is 15.1. The van der Waals surface area contributed by atoms with Crippen LogP contribution < -0.4 is 0 Å². The van der Waals surface area contributed by atoms with Crippen LogP contribution in [0.1, 0.15) is 27.9 Å². The second-order valence-corrected chi connectivity index (χ2v) is 11.5. The summed E-state index contributed by atoms with van der Waals surface area (Å²) in [5.74, 6) is -0.599. The fraction of sp³-hybridized carbons (Fsp3) is 0.222. The van der Waals surface area contributed by atoms with Crippen LogP contribution in [0.15, 0.2) is 77.6 Å². The fourth-order valence-corrected chi connectivity index (χ4v) is 6.45. The minimum Gasteiger partial charge on any atom is -0.396 e. The van der Waals surface area contributed by atoms with Crippen LogP contribution in [0.4, 0.5) is 13.2 Å². The van der Waals surface area contributed by atoms with E-state index in [-0.39, 0.29) is 30.1 Å². The van der Waals surface area contributed by atoms with Gasteiger partial charge in [0.2, 0.25) is 0 Å². The third kappa shape index (κ3) is 5.43. The number of aryl methyl sites for hydroxylation is 1. The van der Waals surface area contributed by atoms with Crippen molar-refractivity contribution in [3.05, 3.63) is 89.9 Å². The standard InChI is InChI=1S/C27H24F3N5O3S/c1-34-16-23-22-14-19(26(37)33-39(38,13-3-12-36)17-18-4-2-11-31-15-18)5-10-24(22)35(25(23)32-34)21-8-6-20(7-9-21)27(28,29)30/h2,4-11,14-16,36H,3,12-13,17H2,1H3/t39-/m0/s1. The zero-order chi connectivity index (χ0) is 27.8. The lowest BCUT2D eigenvalue weighted by Gasteiger charge is -2.11. The summed E-state index contributed by atoms with van der Waals surface area (Å²) in [4.78, 5) is 17.3. The van der Waals surface area contributed by atoms with Crippen LogP contribution in [0, 0.1) is 0 Å². The second-order valence-electron chi connectivity index (χ2n) is 9.11. The highest BCUT2D eigenvalue weighted by atomic mass is 32.2. The maximum absolute atomic E-state index is 13.6. The van der Waals surface area contributed by atoms with Crippen molar-refractivity contribution in [2.24, 2.45) is 11.4 Å². The van der Waals surface area contributed by atoms with Crippen LogP contribution in [0.25, 0.3) is 27.6 Å². The number of carbonyl (C=O) groups is 1. The zero-order valence-electron chi connectivity index (χ0n) is 20.8. The number of aromatic nitrogens is 4. The summed E-state index contributed by atoms with van der Waals surface area (Å²) in [7, 11) is -1.31. The van der Waals surface area contributed by atoms with Gasteiger partial charge >= 0.3 is 6.18 Å². The highest BCUT2D eigenvalue weighted by molar-refractivity contribution is 7.93. The molecule has 0 aliphatic rings. The smallest absolute Gasteiger partial charge is 0.396 e. The molecule has 1 amide bonds. The van der Waals surface area contributed by atoms with Gasteiger partial charge in [0.1, 0.15) is 0 Å². The maximum Gasteiger partial charge on any atom is 0.416 e. The molecule has 8 nitrogen and oxygen atoms in total. The molecule has 202 valence electrons. The van der Waals surface area contributed by atoms with Crippen molar-refractivity contribution < 1.29 is 27.3 Å². The number of nitrogens with zero attached hydrogens (tertiary/aromatic N) is 5. The summed E-state index contributed by atoms with van der Waals surface area (Å²) in [6.07, 6.45) is 0.682. The number of fused-ring (bicyclic) bond motifs is 3. The number of benzene rings is 2. The molecule has 2 aromatic carbocycles. The number of amides is 1. The predicted octanol–water partition coefficient (Wildman–Crippen LogP) is 5.12. The molecule has 1 atom stereocenters. The van der Waals surface area contributed by atoms with Crippen molar-refractivity contribution in [2.75, 3.05) is 12.4 Å². The molecule has 0 unspecified atom stereocenters. The minimum absolute atomic E-state index is 0.0198. The SMILES string of the molecule is Cn1cc2c3cc(C(=O)N=[S@](=O)(CCCO)Cc4cccnc4)ccc3n(-c3ccc(C(F)(F)F)cc3)c2n1. The average Bonchev–Trinajstić information content (AvgIpc) is 3.42. The Labute approximate surface area is 221 Å². The van der Waals surface area contributed by atoms with E-state index < -0.39 is 27.4 Å². The molecular formula is C27H24F3N5O3S. The first-order valence-corrected chi connectivity index (χ1v) is 13.9. The van der Waals surface area contributed by atoms with E-state index in [1.165, 1.54) is 12.1 Å². The number of aliphatic hydroxyl groups is 1. The Balaban J connectivity index is 1.58. The summed E-state index contributed by atoms with van der Waals surface area (Å²) < 4.78 is 60.4. The average molecular weight is 556 g/mol. The van der Waals surface area contributed by atoms with Gasteiger partial charge in [-0.1, -0.05) is 6.07 Å². The van der Waals surface area contributed by atoms with Crippen LogP contribution in [-0.4, -0.2) is 46.9 Å². The minimum atomic E-state index is -4.46. The number of hydrogen-bond donors (Lipinski definition) is 1. The first kappa shape index (κ1) is 26.6. The molecule has 3 aromatic heterocycles. The van der Waals surface area contributed by atoms with Crippen molar-refractivity contribution in [1.29, 1.82) is 0 Å².